The lowest BCUT2D eigenvalue weighted by Crippen LogP contribution is -1.81. The maximum atomic E-state index is 8.68. The lowest BCUT2D eigenvalue weighted by molar-refractivity contribution is 0.340. The molecule has 0 saturated heterocycles. The Bertz CT molecular complexity index is 231. The quantitative estimate of drug-likeness (QED) is 0.695. The molecular formula is C9H10OS. The molecule has 1 aromatic carbocycles. The summed E-state index contributed by atoms with van der Waals surface area (Å²) in [5.74, 6) is 0. The van der Waals surface area contributed by atoms with E-state index in [1.807, 2.05) is 30.3 Å². The Hall–Kier alpha value is -0.730. The van der Waals surface area contributed by atoms with E-state index in [4.69, 9.17) is 5.11 Å². The molecule has 1 N–H and O–H groups in total. The second-order valence-corrected chi connectivity index (χ2v) is 3.36. The molecule has 0 spiro atoms. The van der Waals surface area contributed by atoms with Crippen molar-refractivity contribution in [3.63, 3.8) is 0 Å². The second kappa shape index (κ2) is 4.21. The molecule has 0 aliphatic carbocycles. The number of aliphatic hydroxyl groups is 1. The summed E-state index contributed by atoms with van der Waals surface area (Å²) < 4.78 is 0. The van der Waals surface area contributed by atoms with E-state index in [0.29, 0.717) is 0 Å². The van der Waals surface area contributed by atoms with Gasteiger partial charge in [-0.3, -0.25) is 0 Å². The Labute approximate surface area is 70.8 Å². The van der Waals surface area contributed by atoms with Gasteiger partial charge in [0.25, 0.3) is 0 Å². The van der Waals surface area contributed by atoms with Crippen molar-refractivity contribution in [2.24, 2.45) is 0 Å². The summed E-state index contributed by atoms with van der Waals surface area (Å²) in [6, 6.07) is 9.88. The zero-order valence-electron chi connectivity index (χ0n) is 6.16. The van der Waals surface area contributed by atoms with Crippen molar-refractivity contribution in [2.75, 3.05) is 6.61 Å². The van der Waals surface area contributed by atoms with Crippen LogP contribution in [0.25, 0.3) is 0 Å². The van der Waals surface area contributed by atoms with E-state index in [9.17, 15) is 0 Å². The maximum absolute atomic E-state index is 8.68. The van der Waals surface area contributed by atoms with Crippen LogP contribution in [0.2, 0.25) is 0 Å². The Balaban J connectivity index is 2.58. The fraction of sp³-hybridized carbons (Fsp3) is 0.111. The SMILES string of the molecule is C=C(CO)Sc1ccccc1. The van der Waals surface area contributed by atoms with Gasteiger partial charge in [-0.2, -0.15) is 0 Å². The lowest BCUT2D eigenvalue weighted by Gasteiger charge is -1.99. The molecule has 0 bridgehead atoms. The van der Waals surface area contributed by atoms with Crippen LogP contribution in [0.1, 0.15) is 0 Å². The molecule has 0 radical (unpaired) electrons. The van der Waals surface area contributed by atoms with E-state index < -0.39 is 0 Å². The minimum Gasteiger partial charge on any atom is -0.391 e. The maximum Gasteiger partial charge on any atom is 0.0738 e. The van der Waals surface area contributed by atoms with Crippen LogP contribution in [0.15, 0.2) is 46.7 Å². The van der Waals surface area contributed by atoms with Gasteiger partial charge in [-0.15, -0.1) is 0 Å². The summed E-state index contributed by atoms with van der Waals surface area (Å²) in [6.07, 6.45) is 0. The molecule has 1 aromatic rings. The van der Waals surface area contributed by atoms with Crippen LogP contribution in [0.3, 0.4) is 0 Å². The third kappa shape index (κ3) is 2.78. The number of aliphatic hydroxyl groups excluding tert-OH is 1. The first kappa shape index (κ1) is 8.37. The van der Waals surface area contributed by atoms with Crippen LogP contribution in [-0.4, -0.2) is 11.7 Å². The van der Waals surface area contributed by atoms with Crippen molar-refractivity contribution in [3.05, 3.63) is 41.8 Å². The van der Waals surface area contributed by atoms with E-state index in [2.05, 4.69) is 6.58 Å². The van der Waals surface area contributed by atoms with Crippen molar-refractivity contribution < 1.29 is 5.11 Å². The fourth-order valence-electron chi connectivity index (χ4n) is 0.687. The number of benzene rings is 1. The van der Waals surface area contributed by atoms with Crippen molar-refractivity contribution >= 4 is 11.8 Å². The Morgan fingerprint density at radius 2 is 2.00 bits per heavy atom. The fourth-order valence-corrected chi connectivity index (χ4v) is 1.38. The Kier molecular flexibility index (Phi) is 3.20. The van der Waals surface area contributed by atoms with E-state index in [1.54, 1.807) is 0 Å². The third-order valence-electron chi connectivity index (χ3n) is 1.18. The van der Waals surface area contributed by atoms with Crippen molar-refractivity contribution in [3.8, 4) is 0 Å². The third-order valence-corrected chi connectivity index (χ3v) is 2.11. The summed E-state index contributed by atoms with van der Waals surface area (Å²) in [7, 11) is 0. The zero-order chi connectivity index (χ0) is 8.10. The van der Waals surface area contributed by atoms with Gasteiger partial charge >= 0.3 is 0 Å². The molecule has 0 unspecified atom stereocenters. The first-order valence-corrected chi connectivity index (χ1v) is 4.16. The molecule has 0 fully saturated rings. The van der Waals surface area contributed by atoms with Crippen molar-refractivity contribution in [1.29, 1.82) is 0 Å². The van der Waals surface area contributed by atoms with E-state index in [-0.39, 0.29) is 6.61 Å². The monoisotopic (exact) mass is 166 g/mol. The molecule has 1 rings (SSSR count). The standard InChI is InChI=1S/C9H10OS/c1-8(7-10)11-9-5-3-2-4-6-9/h2-6,10H,1,7H2. The topological polar surface area (TPSA) is 20.2 Å². The lowest BCUT2D eigenvalue weighted by atomic mass is 10.4. The molecule has 1 nitrogen and oxygen atoms in total. The average Bonchev–Trinajstić information content (AvgIpc) is 2.06. The van der Waals surface area contributed by atoms with Crippen molar-refractivity contribution in [2.45, 2.75) is 4.90 Å². The molecule has 0 heterocycles. The summed E-state index contributed by atoms with van der Waals surface area (Å²) in [4.78, 5) is 1.89. The minimum absolute atomic E-state index is 0.0412. The molecule has 58 valence electrons. The highest BCUT2D eigenvalue weighted by Crippen LogP contribution is 2.23. The number of rotatable bonds is 3. The first-order chi connectivity index (χ1) is 5.33. The highest BCUT2D eigenvalue weighted by molar-refractivity contribution is 8.03. The molecule has 0 atom stereocenters. The van der Waals surface area contributed by atoms with Crippen LogP contribution in [0, 0.1) is 0 Å². The zero-order valence-corrected chi connectivity index (χ0v) is 6.97. The average molecular weight is 166 g/mol. The predicted octanol–water partition coefficient (Wildman–Crippen LogP) is 2.28. The van der Waals surface area contributed by atoms with Gasteiger partial charge in [0.15, 0.2) is 0 Å². The van der Waals surface area contributed by atoms with E-state index >= 15 is 0 Å². The highest BCUT2D eigenvalue weighted by atomic mass is 32.2. The number of hydrogen-bond donors (Lipinski definition) is 1. The Morgan fingerprint density at radius 1 is 1.36 bits per heavy atom. The van der Waals surface area contributed by atoms with Crippen LogP contribution < -0.4 is 0 Å². The molecule has 0 aliphatic rings. The second-order valence-electron chi connectivity index (χ2n) is 2.11. The first-order valence-electron chi connectivity index (χ1n) is 3.34. The van der Waals surface area contributed by atoms with Gasteiger partial charge in [0.05, 0.1) is 6.61 Å². The largest absolute Gasteiger partial charge is 0.391 e. The van der Waals surface area contributed by atoms with Gasteiger partial charge < -0.3 is 5.11 Å². The van der Waals surface area contributed by atoms with Gasteiger partial charge in [0.2, 0.25) is 0 Å². The van der Waals surface area contributed by atoms with Crippen LogP contribution >= 0.6 is 11.8 Å². The van der Waals surface area contributed by atoms with Crippen LogP contribution in [-0.2, 0) is 0 Å². The molecule has 0 aliphatic heterocycles. The van der Waals surface area contributed by atoms with Gasteiger partial charge in [-0.1, -0.05) is 36.5 Å². The van der Waals surface area contributed by atoms with Gasteiger partial charge in [-0.05, 0) is 12.1 Å². The molecule has 0 aromatic heterocycles. The number of thioether (sulfide) groups is 1. The van der Waals surface area contributed by atoms with Crippen molar-refractivity contribution in [1.82, 2.24) is 0 Å². The summed E-state index contributed by atoms with van der Waals surface area (Å²) in [5.41, 5.74) is 0. The summed E-state index contributed by atoms with van der Waals surface area (Å²) in [5, 5.41) is 8.68. The van der Waals surface area contributed by atoms with Crippen LogP contribution in [0.5, 0.6) is 0 Å². The normalized spacial score (nSPS) is 9.55. The summed E-state index contributed by atoms with van der Waals surface area (Å²) >= 11 is 1.50. The van der Waals surface area contributed by atoms with E-state index in [1.165, 1.54) is 11.8 Å². The molecule has 0 amide bonds. The number of hydrogen-bond acceptors (Lipinski definition) is 2. The smallest absolute Gasteiger partial charge is 0.0738 e. The predicted molar refractivity (Wildman–Crippen MR) is 48.5 cm³/mol. The molecular weight excluding hydrogens is 156 g/mol. The highest BCUT2D eigenvalue weighted by Gasteiger charge is 1.93. The van der Waals surface area contributed by atoms with E-state index in [0.717, 1.165) is 9.80 Å². The van der Waals surface area contributed by atoms with Gasteiger partial charge in [-0.25, -0.2) is 0 Å². The van der Waals surface area contributed by atoms with Gasteiger partial charge in [0, 0.05) is 9.80 Å². The Morgan fingerprint density at radius 3 is 2.55 bits per heavy atom. The molecule has 2 heteroatoms. The molecule has 11 heavy (non-hydrogen) atoms. The van der Waals surface area contributed by atoms with Gasteiger partial charge in [0.1, 0.15) is 0 Å². The summed E-state index contributed by atoms with van der Waals surface area (Å²) in [6.45, 7) is 3.72. The minimum atomic E-state index is 0.0412. The van der Waals surface area contributed by atoms with Crippen LogP contribution in [0.4, 0.5) is 0 Å². The molecule has 0 saturated carbocycles.